The Kier molecular flexibility index (Phi) is 23.9. The van der Waals surface area contributed by atoms with Crippen LogP contribution in [-0.2, 0) is 42.8 Å². The van der Waals surface area contributed by atoms with Gasteiger partial charge in [0.15, 0.2) is 0 Å². The van der Waals surface area contributed by atoms with Gasteiger partial charge >= 0.3 is 5.97 Å². The fourth-order valence-electron chi connectivity index (χ4n) is 6.14. The van der Waals surface area contributed by atoms with E-state index in [1.54, 1.807) is 18.3 Å². The van der Waals surface area contributed by atoms with Gasteiger partial charge in [-0.3, -0.25) is 14.4 Å². The first-order valence-electron chi connectivity index (χ1n) is 21.0. The molecule has 3 aromatic carbocycles. The number of anilines is 1. The van der Waals surface area contributed by atoms with E-state index in [1.165, 1.54) is 0 Å². The monoisotopic (exact) mass is 873 g/mol. The summed E-state index contributed by atoms with van der Waals surface area (Å²) in [7, 11) is 0. The summed E-state index contributed by atoms with van der Waals surface area (Å²) in [6.07, 6.45) is 2.16. The van der Waals surface area contributed by atoms with Crippen molar-refractivity contribution in [2.75, 3.05) is 111 Å². The van der Waals surface area contributed by atoms with Crippen molar-refractivity contribution >= 4 is 34.4 Å². The molecule has 340 valence electrons. The fourth-order valence-corrected chi connectivity index (χ4v) is 6.14. The Morgan fingerprint density at radius 3 is 1.95 bits per heavy atom. The lowest BCUT2D eigenvalue weighted by atomic mass is 9.95. The van der Waals surface area contributed by atoms with Crippen LogP contribution in [0.2, 0.25) is 0 Å². The predicted molar refractivity (Wildman–Crippen MR) is 237 cm³/mol. The number of hydrogen-bond donors (Lipinski definition) is 4. The third-order valence-electron chi connectivity index (χ3n) is 9.21. The van der Waals surface area contributed by atoms with Crippen molar-refractivity contribution < 1.29 is 52.6 Å². The molecule has 63 heavy (non-hydrogen) atoms. The number of aliphatic carboxylic acids is 1. The molecule has 2 amide bonds. The first kappa shape index (κ1) is 49.8. The quantitative estimate of drug-likeness (QED) is 0.0193. The van der Waals surface area contributed by atoms with Crippen molar-refractivity contribution in [2.45, 2.75) is 32.2 Å². The zero-order chi connectivity index (χ0) is 44.7. The molecule has 0 spiro atoms. The minimum atomic E-state index is -1.07. The Labute approximate surface area is 367 Å². The minimum absolute atomic E-state index is 0.220. The molecule has 0 radical (unpaired) electrons. The number of carbonyl (C=O) groups is 3. The Balaban J connectivity index is 1.11. The maximum atomic E-state index is 12.8. The third kappa shape index (κ3) is 20.3. The summed E-state index contributed by atoms with van der Waals surface area (Å²) in [4.78, 5) is 43.8. The highest BCUT2D eigenvalue weighted by Gasteiger charge is 2.19. The van der Waals surface area contributed by atoms with E-state index in [4.69, 9.17) is 38.7 Å². The van der Waals surface area contributed by atoms with E-state index in [-0.39, 0.29) is 25.3 Å². The van der Waals surface area contributed by atoms with Crippen molar-refractivity contribution in [3.8, 4) is 16.9 Å². The number of carboxylic acids is 1. The van der Waals surface area contributed by atoms with Crippen molar-refractivity contribution in [2.24, 2.45) is 5.11 Å². The number of fused-ring (bicyclic) bond motifs is 1. The summed E-state index contributed by atoms with van der Waals surface area (Å²) < 4.78 is 39.0. The number of carboxylic acid groups (broad SMARTS) is 1. The van der Waals surface area contributed by atoms with Gasteiger partial charge in [-0.1, -0.05) is 59.7 Å². The molecule has 18 nitrogen and oxygen atoms in total. The number of azide groups is 1. The van der Waals surface area contributed by atoms with Gasteiger partial charge in [0.05, 0.1) is 98.3 Å². The van der Waals surface area contributed by atoms with Crippen LogP contribution in [0, 0.1) is 6.92 Å². The Bertz CT molecular complexity index is 2020. The molecule has 0 saturated carbocycles. The fraction of sp³-hybridized carbons (Fsp3) is 0.467. The van der Waals surface area contributed by atoms with Gasteiger partial charge in [-0.2, -0.15) is 0 Å². The van der Waals surface area contributed by atoms with Gasteiger partial charge in [-0.15, -0.1) is 0 Å². The van der Waals surface area contributed by atoms with E-state index < -0.39 is 17.9 Å². The van der Waals surface area contributed by atoms with Crippen molar-refractivity contribution in [1.29, 1.82) is 0 Å². The molecule has 1 aromatic heterocycles. The van der Waals surface area contributed by atoms with Gasteiger partial charge in [0, 0.05) is 36.0 Å². The second-order valence-electron chi connectivity index (χ2n) is 14.0. The smallest absolute Gasteiger partial charge is 0.305 e. The van der Waals surface area contributed by atoms with Crippen LogP contribution in [0.4, 0.5) is 5.82 Å². The van der Waals surface area contributed by atoms with Gasteiger partial charge in [0.25, 0.3) is 0 Å². The SMILES string of the molecule is Cc1ccnc(NCCCC(=O)NCC(=O)NC(CC(=O)O)c2ccc(-c3ccc(OCCOCCOCCOCCOCCOCCOCCN=[N+]=[N-])c4ccccc34)cc2)c1. The second-order valence-corrected chi connectivity index (χ2v) is 14.0. The largest absolute Gasteiger partial charge is 0.491 e. The Hall–Kier alpha value is -5.85. The number of aryl methyl sites for hydroxylation is 1. The number of aromatic nitrogens is 1. The van der Waals surface area contributed by atoms with Crippen molar-refractivity contribution in [1.82, 2.24) is 15.6 Å². The normalized spacial score (nSPS) is 11.4. The van der Waals surface area contributed by atoms with Crippen LogP contribution >= 0.6 is 0 Å². The van der Waals surface area contributed by atoms with Crippen LogP contribution in [0.3, 0.4) is 0 Å². The molecule has 0 aliphatic heterocycles. The van der Waals surface area contributed by atoms with Gasteiger partial charge in [0.1, 0.15) is 18.2 Å². The highest BCUT2D eigenvalue weighted by Crippen LogP contribution is 2.35. The molecule has 18 heteroatoms. The summed E-state index contributed by atoms with van der Waals surface area (Å²) in [5.74, 6) is -0.372. The van der Waals surface area contributed by atoms with Crippen molar-refractivity contribution in [3.05, 3.63) is 101 Å². The summed E-state index contributed by atoms with van der Waals surface area (Å²) in [6, 6.07) is 22.3. The number of amides is 2. The molecular weight excluding hydrogens is 815 g/mol. The van der Waals surface area contributed by atoms with E-state index in [9.17, 15) is 19.5 Å². The molecule has 1 unspecified atom stereocenters. The van der Waals surface area contributed by atoms with E-state index in [0.29, 0.717) is 111 Å². The molecule has 0 saturated heterocycles. The average Bonchev–Trinajstić information content (AvgIpc) is 3.28. The topological polar surface area (TPSA) is 234 Å². The maximum absolute atomic E-state index is 12.8. The summed E-state index contributed by atoms with van der Waals surface area (Å²) in [5.41, 5.74) is 11.8. The lowest BCUT2D eigenvalue weighted by Crippen LogP contribution is -2.39. The summed E-state index contributed by atoms with van der Waals surface area (Å²) >= 11 is 0. The molecule has 4 N–H and O–H groups in total. The molecular formula is C45H59N7O11. The minimum Gasteiger partial charge on any atom is -0.491 e. The number of ether oxygens (including phenoxy) is 7. The van der Waals surface area contributed by atoms with Crippen LogP contribution in [-0.4, -0.2) is 133 Å². The molecule has 4 aromatic rings. The molecule has 4 rings (SSSR count). The Morgan fingerprint density at radius 2 is 1.35 bits per heavy atom. The highest BCUT2D eigenvalue weighted by atomic mass is 16.6. The van der Waals surface area contributed by atoms with Gasteiger partial charge in [0.2, 0.25) is 11.8 Å². The zero-order valence-corrected chi connectivity index (χ0v) is 35.8. The standard InChI is InChI=1S/C45H59N7O11/c1-34-14-16-48-42(31-34)47-15-4-7-43(53)49-33-44(54)51-40(32-45(55)56)36-10-8-35(9-11-36)37-12-13-41(39-6-3-2-5-38(37)39)63-30-29-62-28-27-61-26-25-60-24-23-59-22-21-58-20-19-57-18-17-50-52-46/h2-3,5-6,8-14,16,31,40H,4,7,15,17-30,32-33H2,1H3,(H,47,48)(H,49,53)(H,51,54)(H,55,56). The third-order valence-corrected chi connectivity index (χ3v) is 9.21. The van der Waals surface area contributed by atoms with E-state index in [2.05, 4.69) is 31.0 Å². The lowest BCUT2D eigenvalue weighted by molar-refractivity contribution is -0.138. The van der Waals surface area contributed by atoms with E-state index >= 15 is 0 Å². The molecule has 0 bridgehead atoms. The van der Waals surface area contributed by atoms with Gasteiger partial charge in [-0.05, 0) is 64.7 Å². The second kappa shape index (κ2) is 30.2. The zero-order valence-electron chi connectivity index (χ0n) is 35.8. The first-order chi connectivity index (χ1) is 30.8. The molecule has 0 aliphatic rings. The van der Waals surface area contributed by atoms with Crippen LogP contribution in [0.1, 0.15) is 36.4 Å². The lowest BCUT2D eigenvalue weighted by Gasteiger charge is -2.19. The molecule has 0 fully saturated rings. The highest BCUT2D eigenvalue weighted by molar-refractivity contribution is 6.00. The van der Waals surface area contributed by atoms with E-state index in [1.807, 2.05) is 67.6 Å². The van der Waals surface area contributed by atoms with Crippen LogP contribution in [0.15, 0.2) is 84.1 Å². The number of benzene rings is 3. The van der Waals surface area contributed by atoms with Crippen LogP contribution in [0.5, 0.6) is 5.75 Å². The van der Waals surface area contributed by atoms with Gasteiger partial charge in [-0.25, -0.2) is 4.98 Å². The number of nitrogens with zero attached hydrogens (tertiary/aromatic N) is 4. The number of carbonyl (C=O) groups excluding carboxylic acids is 2. The van der Waals surface area contributed by atoms with Crippen molar-refractivity contribution in [3.63, 3.8) is 0 Å². The number of pyridine rings is 1. The molecule has 0 aliphatic carbocycles. The molecule has 1 atom stereocenters. The number of nitrogens with one attached hydrogen (secondary N) is 3. The average molecular weight is 874 g/mol. The summed E-state index contributed by atoms with van der Waals surface area (Å²) in [5, 5.41) is 23.5. The van der Waals surface area contributed by atoms with E-state index in [0.717, 1.165) is 39.0 Å². The Morgan fingerprint density at radius 1 is 0.746 bits per heavy atom. The maximum Gasteiger partial charge on any atom is 0.305 e. The number of rotatable bonds is 34. The predicted octanol–water partition coefficient (Wildman–Crippen LogP) is 5.64. The van der Waals surface area contributed by atoms with Crippen LogP contribution < -0.4 is 20.7 Å². The summed E-state index contributed by atoms with van der Waals surface area (Å²) in [6.45, 7) is 8.12. The molecule has 1 heterocycles. The van der Waals surface area contributed by atoms with Gasteiger partial charge < -0.3 is 54.2 Å². The number of hydrogen-bond acceptors (Lipinski definition) is 13. The van der Waals surface area contributed by atoms with Crippen LogP contribution in [0.25, 0.3) is 32.3 Å². The first-order valence-corrected chi connectivity index (χ1v) is 21.0.